The third kappa shape index (κ3) is 4.73. The van der Waals surface area contributed by atoms with Crippen molar-refractivity contribution >= 4 is 35.0 Å². The summed E-state index contributed by atoms with van der Waals surface area (Å²) in [7, 11) is 0. The maximum absolute atomic E-state index is 13.2. The van der Waals surface area contributed by atoms with Crippen LogP contribution >= 0.6 is 0 Å². The maximum Gasteiger partial charge on any atom is 0.274 e. The number of nitrogens with one attached hydrogen (secondary N) is 2. The lowest BCUT2D eigenvalue weighted by molar-refractivity contribution is -0.114. The van der Waals surface area contributed by atoms with Gasteiger partial charge in [-0.1, -0.05) is 30.3 Å². The fourth-order valence-corrected chi connectivity index (χ4v) is 2.88. The van der Waals surface area contributed by atoms with Crippen LogP contribution in [0.1, 0.15) is 12.7 Å². The third-order valence-electron chi connectivity index (χ3n) is 4.25. The topological polar surface area (TPSA) is 115 Å². The van der Waals surface area contributed by atoms with Crippen LogP contribution in [0.3, 0.4) is 0 Å². The van der Waals surface area contributed by atoms with Gasteiger partial charge in [0.05, 0.1) is 6.26 Å². The molecular weight excluding hydrogens is 396 g/mol. The molecule has 0 spiro atoms. The van der Waals surface area contributed by atoms with Crippen molar-refractivity contribution in [2.45, 2.75) is 6.92 Å². The number of hydrogen-bond donors (Lipinski definition) is 2. The zero-order valence-electron chi connectivity index (χ0n) is 16.5. The molecule has 0 atom stereocenters. The second-order valence-electron chi connectivity index (χ2n) is 6.54. The van der Waals surface area contributed by atoms with Crippen LogP contribution in [0.2, 0.25) is 0 Å². The molecule has 9 heteroatoms. The zero-order chi connectivity index (χ0) is 21.6. The Kier molecular flexibility index (Phi) is 5.66. The molecule has 0 saturated heterocycles. The highest BCUT2D eigenvalue weighted by Gasteiger charge is 2.20. The van der Waals surface area contributed by atoms with E-state index in [0.717, 1.165) is 5.56 Å². The number of aromatic nitrogens is 4. The van der Waals surface area contributed by atoms with Crippen LogP contribution in [-0.2, 0) is 9.59 Å². The minimum Gasteiger partial charge on any atom is -0.465 e. The first-order valence-electron chi connectivity index (χ1n) is 9.38. The normalized spacial score (nSPS) is 11.2. The third-order valence-corrected chi connectivity index (χ3v) is 4.25. The monoisotopic (exact) mass is 414 g/mol. The first-order chi connectivity index (χ1) is 15.1. The van der Waals surface area contributed by atoms with Crippen molar-refractivity contribution in [2.24, 2.45) is 0 Å². The van der Waals surface area contributed by atoms with Crippen molar-refractivity contribution in [2.75, 3.05) is 10.6 Å². The molecule has 0 saturated carbocycles. The van der Waals surface area contributed by atoms with E-state index in [1.807, 2.05) is 30.3 Å². The van der Waals surface area contributed by atoms with E-state index in [1.165, 1.54) is 17.9 Å². The van der Waals surface area contributed by atoms with Crippen LogP contribution in [0.4, 0.5) is 11.4 Å². The molecule has 154 valence electrons. The number of furan rings is 1. The van der Waals surface area contributed by atoms with Gasteiger partial charge < -0.3 is 15.1 Å². The van der Waals surface area contributed by atoms with Gasteiger partial charge in [0.2, 0.25) is 5.91 Å². The van der Waals surface area contributed by atoms with Crippen LogP contribution in [0.5, 0.6) is 0 Å². The minimum absolute atomic E-state index is 0.171. The summed E-state index contributed by atoms with van der Waals surface area (Å²) in [4.78, 5) is 24.4. The van der Waals surface area contributed by atoms with Gasteiger partial charge in [0.1, 0.15) is 11.5 Å². The summed E-state index contributed by atoms with van der Waals surface area (Å²) in [5, 5.41) is 17.3. The number of benzene rings is 2. The molecule has 2 amide bonds. The predicted molar refractivity (Wildman–Crippen MR) is 116 cm³/mol. The Morgan fingerprint density at radius 2 is 1.65 bits per heavy atom. The van der Waals surface area contributed by atoms with Crippen molar-refractivity contribution in [3.63, 3.8) is 0 Å². The van der Waals surface area contributed by atoms with Gasteiger partial charge in [0.25, 0.3) is 5.91 Å². The van der Waals surface area contributed by atoms with Gasteiger partial charge in [0, 0.05) is 29.9 Å². The number of amides is 2. The number of nitrogens with zero attached hydrogens (tertiary/aromatic N) is 4. The molecule has 0 unspecified atom stereocenters. The molecule has 9 nitrogen and oxygen atoms in total. The Morgan fingerprint density at radius 3 is 2.29 bits per heavy atom. The quantitative estimate of drug-likeness (QED) is 0.467. The van der Waals surface area contributed by atoms with Crippen molar-refractivity contribution in [1.29, 1.82) is 0 Å². The molecule has 2 N–H and O–H groups in total. The summed E-state index contributed by atoms with van der Waals surface area (Å²) in [6.45, 7) is 1.43. The average molecular weight is 414 g/mol. The maximum atomic E-state index is 13.2. The molecule has 0 bridgehead atoms. The number of tetrazole rings is 1. The Hall–Kier alpha value is -4.53. The molecule has 0 aliphatic carbocycles. The molecule has 4 aromatic rings. The highest BCUT2D eigenvalue weighted by molar-refractivity contribution is 6.24. The van der Waals surface area contributed by atoms with Gasteiger partial charge in [-0.25, -0.2) is 0 Å². The van der Waals surface area contributed by atoms with E-state index >= 15 is 0 Å². The molecule has 0 aliphatic heterocycles. The van der Waals surface area contributed by atoms with Crippen molar-refractivity contribution < 1.29 is 14.0 Å². The Balaban J connectivity index is 1.66. The van der Waals surface area contributed by atoms with Gasteiger partial charge in [-0.05, 0) is 46.8 Å². The van der Waals surface area contributed by atoms with Crippen LogP contribution in [-0.4, -0.2) is 32.0 Å². The van der Waals surface area contributed by atoms with Crippen LogP contribution in [0, 0.1) is 0 Å². The first-order valence-corrected chi connectivity index (χ1v) is 9.38. The second-order valence-corrected chi connectivity index (χ2v) is 6.54. The average Bonchev–Trinajstić information content (AvgIpc) is 3.45. The number of carbonyl (C=O) groups is 2. The highest BCUT2D eigenvalue weighted by Crippen LogP contribution is 2.22. The van der Waals surface area contributed by atoms with Crippen LogP contribution in [0.25, 0.3) is 23.2 Å². The van der Waals surface area contributed by atoms with E-state index in [1.54, 1.807) is 42.5 Å². The molecule has 2 heterocycles. The SMILES string of the molecule is CC(=O)Nc1ccc(NC(=O)/C(=C/c2ccco2)n2nnnc2-c2ccccc2)cc1. The summed E-state index contributed by atoms with van der Waals surface area (Å²) in [6, 6.07) is 19.5. The van der Waals surface area contributed by atoms with E-state index < -0.39 is 5.91 Å². The van der Waals surface area contributed by atoms with Crippen molar-refractivity contribution in [3.05, 3.63) is 78.8 Å². The van der Waals surface area contributed by atoms with Crippen LogP contribution < -0.4 is 10.6 Å². The Bertz CT molecular complexity index is 1210. The van der Waals surface area contributed by atoms with E-state index in [0.29, 0.717) is 23.0 Å². The minimum atomic E-state index is -0.437. The molecule has 4 rings (SSSR count). The van der Waals surface area contributed by atoms with Crippen molar-refractivity contribution in [3.8, 4) is 11.4 Å². The predicted octanol–water partition coefficient (Wildman–Crippen LogP) is 3.53. The number of rotatable bonds is 6. The smallest absolute Gasteiger partial charge is 0.274 e. The second kappa shape index (κ2) is 8.87. The van der Waals surface area contributed by atoms with E-state index in [-0.39, 0.29) is 11.6 Å². The zero-order valence-corrected chi connectivity index (χ0v) is 16.5. The highest BCUT2D eigenvalue weighted by atomic mass is 16.3. The van der Waals surface area contributed by atoms with E-state index in [2.05, 4.69) is 26.2 Å². The molecule has 2 aromatic heterocycles. The Labute approximate surface area is 177 Å². The summed E-state index contributed by atoms with van der Waals surface area (Å²) < 4.78 is 6.74. The van der Waals surface area contributed by atoms with Crippen molar-refractivity contribution in [1.82, 2.24) is 20.2 Å². The van der Waals surface area contributed by atoms with Gasteiger partial charge in [-0.3, -0.25) is 9.59 Å². The molecular formula is C22H18N6O3. The fourth-order valence-electron chi connectivity index (χ4n) is 2.88. The summed E-state index contributed by atoms with van der Waals surface area (Å²) in [5.74, 6) is 0.274. The van der Waals surface area contributed by atoms with Gasteiger partial charge >= 0.3 is 0 Å². The van der Waals surface area contributed by atoms with Gasteiger partial charge in [0.15, 0.2) is 5.82 Å². The summed E-state index contributed by atoms with van der Waals surface area (Å²) in [5.41, 5.74) is 2.09. The van der Waals surface area contributed by atoms with Crippen LogP contribution in [0.15, 0.2) is 77.4 Å². The summed E-state index contributed by atoms with van der Waals surface area (Å²) in [6.07, 6.45) is 3.07. The standard InChI is InChI=1S/C22H18N6O3/c1-15(29)23-17-9-11-18(12-10-17)24-22(30)20(14-19-8-5-13-31-19)28-21(25-26-27-28)16-6-3-2-4-7-16/h2-14H,1H3,(H,23,29)(H,24,30)/b20-14-. The molecule has 2 aromatic carbocycles. The van der Waals surface area contributed by atoms with Gasteiger partial charge in [-0.15, -0.1) is 5.10 Å². The number of anilines is 2. The fraction of sp³-hybridized carbons (Fsp3) is 0.0455. The molecule has 31 heavy (non-hydrogen) atoms. The molecule has 0 fully saturated rings. The van der Waals surface area contributed by atoms with Gasteiger partial charge in [-0.2, -0.15) is 4.68 Å². The Morgan fingerprint density at radius 1 is 0.935 bits per heavy atom. The lowest BCUT2D eigenvalue weighted by Gasteiger charge is -2.11. The molecule has 0 aliphatic rings. The summed E-state index contributed by atoms with van der Waals surface area (Å²) >= 11 is 0. The number of hydrogen-bond acceptors (Lipinski definition) is 6. The first kappa shape index (κ1) is 19.8. The lowest BCUT2D eigenvalue weighted by Crippen LogP contribution is -2.19. The largest absolute Gasteiger partial charge is 0.465 e. The van der Waals surface area contributed by atoms with E-state index in [9.17, 15) is 9.59 Å². The molecule has 0 radical (unpaired) electrons. The van der Waals surface area contributed by atoms with E-state index in [4.69, 9.17) is 4.42 Å². The number of carbonyl (C=O) groups excluding carboxylic acids is 2. The lowest BCUT2D eigenvalue weighted by atomic mass is 10.2.